The quantitative estimate of drug-likeness (QED) is 0.448. The molecule has 0 saturated carbocycles. The van der Waals surface area contributed by atoms with E-state index in [9.17, 15) is 8.42 Å². The maximum atomic E-state index is 11.6. The van der Waals surface area contributed by atoms with Crippen LogP contribution in [0.2, 0.25) is 0 Å². The van der Waals surface area contributed by atoms with Gasteiger partial charge in [-0.15, -0.1) is 11.6 Å². The molecule has 1 aromatic rings. The minimum absolute atomic E-state index is 0.0997. The van der Waals surface area contributed by atoms with Gasteiger partial charge in [0, 0.05) is 0 Å². The van der Waals surface area contributed by atoms with Crippen LogP contribution in [0.3, 0.4) is 0 Å². The van der Waals surface area contributed by atoms with Crippen molar-refractivity contribution < 1.29 is 17.8 Å². The van der Waals surface area contributed by atoms with Gasteiger partial charge in [-0.1, -0.05) is 34.8 Å². The molecule has 0 unspecified atom stereocenters. The van der Waals surface area contributed by atoms with E-state index in [0.29, 0.717) is 5.76 Å². The predicted molar refractivity (Wildman–Crippen MR) is 83.9 cm³/mol. The maximum Gasteiger partial charge on any atom is 0.296 e. The lowest BCUT2D eigenvalue weighted by molar-refractivity contribution is -0.481. The van der Waals surface area contributed by atoms with E-state index in [4.69, 9.17) is 50.8 Å². The zero-order valence-corrected chi connectivity index (χ0v) is 14.5. The van der Waals surface area contributed by atoms with Crippen molar-refractivity contribution in [3.63, 3.8) is 0 Å². The Morgan fingerprint density at radius 2 is 2.14 bits per heavy atom. The van der Waals surface area contributed by atoms with E-state index in [1.807, 2.05) is 0 Å². The summed E-state index contributed by atoms with van der Waals surface area (Å²) in [4.78, 5) is 2.90. The van der Waals surface area contributed by atoms with Crippen LogP contribution in [0.5, 0.6) is 0 Å². The Labute approximate surface area is 142 Å². The number of halogens is 4. The van der Waals surface area contributed by atoms with Crippen LogP contribution in [0, 0.1) is 0 Å². The Morgan fingerprint density at radius 3 is 2.62 bits per heavy atom. The van der Waals surface area contributed by atoms with E-state index >= 15 is 0 Å². The van der Waals surface area contributed by atoms with E-state index in [1.54, 1.807) is 12.1 Å². The van der Waals surface area contributed by atoms with Gasteiger partial charge in [0.2, 0.25) is 0 Å². The number of hydrogen-bond donors (Lipinski definition) is 2. The first-order valence-corrected chi connectivity index (χ1v) is 9.38. The third-order valence-electron chi connectivity index (χ3n) is 2.92. The lowest BCUT2D eigenvalue weighted by Crippen LogP contribution is -2.78. The third-order valence-corrected chi connectivity index (χ3v) is 5.86. The van der Waals surface area contributed by atoms with Gasteiger partial charge < -0.3 is 4.42 Å². The second-order valence-corrected chi connectivity index (χ2v) is 9.65. The summed E-state index contributed by atoms with van der Waals surface area (Å²) in [7, 11) is -3.18. The van der Waals surface area contributed by atoms with Crippen molar-refractivity contribution >= 4 is 62.1 Å². The molecule has 118 valence electrons. The maximum absolute atomic E-state index is 11.6. The summed E-state index contributed by atoms with van der Waals surface area (Å²) in [6, 6.07) is 2.97. The van der Waals surface area contributed by atoms with Gasteiger partial charge >= 0.3 is 0 Å². The number of hydrogen-bond acceptors (Lipinski definition) is 3. The van der Waals surface area contributed by atoms with Crippen molar-refractivity contribution in [2.24, 2.45) is 0 Å². The summed E-state index contributed by atoms with van der Waals surface area (Å²) in [5, 5.41) is 2.30. The average molecular weight is 395 g/mol. The van der Waals surface area contributed by atoms with Crippen molar-refractivity contribution in [3.05, 3.63) is 24.2 Å². The fourth-order valence-corrected chi connectivity index (χ4v) is 4.86. The third kappa shape index (κ3) is 4.93. The number of nitrogens with one attached hydrogen (secondary N) is 2. The predicted octanol–water partition coefficient (Wildman–Crippen LogP) is 0.623. The number of rotatable bonds is 3. The molecule has 1 saturated heterocycles. The molecule has 1 aliphatic heterocycles. The monoisotopic (exact) mass is 393 g/mol. The van der Waals surface area contributed by atoms with Crippen molar-refractivity contribution in [1.29, 1.82) is 0 Å². The first kappa shape index (κ1) is 17.2. The number of amidine groups is 1. The van der Waals surface area contributed by atoms with Crippen LogP contribution < -0.4 is 10.3 Å². The Bertz CT molecular complexity index is 610. The fourth-order valence-electron chi connectivity index (χ4n) is 1.94. The molecule has 2 heterocycles. The van der Waals surface area contributed by atoms with Crippen LogP contribution in [0.4, 0.5) is 0 Å². The first-order valence-electron chi connectivity index (χ1n) is 5.99. The van der Waals surface area contributed by atoms with Crippen LogP contribution in [-0.2, 0) is 16.4 Å². The minimum atomic E-state index is -3.18. The zero-order chi connectivity index (χ0) is 15.7. The highest BCUT2D eigenvalue weighted by Gasteiger charge is 2.44. The largest absolute Gasteiger partial charge is 0.465 e. The molecule has 0 aliphatic carbocycles. The van der Waals surface area contributed by atoms with Gasteiger partial charge in [-0.05, 0) is 12.1 Å². The normalized spacial score (nSPS) is 26.0. The number of alkyl halides is 4. The summed E-state index contributed by atoms with van der Waals surface area (Å²) in [6.45, 7) is 0.287. The molecular weight excluding hydrogens is 382 g/mol. The van der Waals surface area contributed by atoms with Crippen molar-refractivity contribution in [2.45, 2.75) is 21.8 Å². The summed E-state index contributed by atoms with van der Waals surface area (Å²) < 4.78 is 26.5. The van der Waals surface area contributed by atoms with Gasteiger partial charge in [-0.2, -0.15) is 0 Å². The van der Waals surface area contributed by atoms with Gasteiger partial charge in [0.05, 0.1) is 23.1 Å². The molecule has 2 atom stereocenters. The summed E-state index contributed by atoms with van der Waals surface area (Å²) in [5.41, 5.74) is 0. The molecule has 1 fully saturated rings. The van der Waals surface area contributed by atoms with E-state index in [-0.39, 0.29) is 23.9 Å². The Morgan fingerprint density at radius 1 is 1.43 bits per heavy atom. The van der Waals surface area contributed by atoms with Crippen LogP contribution in [0.25, 0.3) is 0 Å². The molecule has 21 heavy (non-hydrogen) atoms. The molecule has 0 amide bonds. The van der Waals surface area contributed by atoms with Gasteiger partial charge in [-0.25, -0.2) is 8.42 Å². The van der Waals surface area contributed by atoms with E-state index in [2.05, 4.69) is 10.3 Å². The smallest absolute Gasteiger partial charge is 0.296 e. The fraction of sp³-hybridized carbons (Fsp3) is 0.545. The molecule has 0 aromatic carbocycles. The zero-order valence-electron chi connectivity index (χ0n) is 10.7. The molecule has 1 aromatic heterocycles. The molecule has 2 N–H and O–H groups in total. The standard InChI is InChI=1S/C11H12Cl4N2O3S/c12-8-5-21(18,19)6-9(8)17-10(11(13,14)15)16-4-7-2-1-3-20-7/h1-3,8-9H,4-6H2,(H,16,17)/p+1/t8-,9+/m0/s1. The second-order valence-electron chi connectivity index (χ2n) is 4.65. The van der Waals surface area contributed by atoms with Crippen molar-refractivity contribution in [2.75, 3.05) is 11.5 Å². The van der Waals surface area contributed by atoms with Gasteiger partial charge in [-0.3, -0.25) is 10.3 Å². The Hall–Kier alpha value is -0.140. The summed E-state index contributed by atoms with van der Waals surface area (Å²) in [5.74, 6) is 0.604. The highest BCUT2D eigenvalue weighted by atomic mass is 35.6. The molecule has 0 radical (unpaired) electrons. The van der Waals surface area contributed by atoms with Gasteiger partial charge in [0.1, 0.15) is 18.3 Å². The highest BCUT2D eigenvalue weighted by molar-refractivity contribution is 7.91. The van der Waals surface area contributed by atoms with Crippen molar-refractivity contribution in [1.82, 2.24) is 5.32 Å². The summed E-state index contributed by atoms with van der Waals surface area (Å²) in [6.07, 6.45) is 1.53. The van der Waals surface area contributed by atoms with Crippen LogP contribution in [0.15, 0.2) is 22.8 Å². The van der Waals surface area contributed by atoms with Gasteiger partial charge in [0.25, 0.3) is 9.63 Å². The molecule has 10 heteroatoms. The van der Waals surface area contributed by atoms with Gasteiger partial charge in [0.15, 0.2) is 9.84 Å². The SMILES string of the molecule is O=S1(=O)C[C@H](Cl)[C@H](NC(=[NH+]Cc2ccco2)C(Cl)(Cl)Cl)C1. The van der Waals surface area contributed by atoms with E-state index < -0.39 is 25.0 Å². The highest BCUT2D eigenvalue weighted by Crippen LogP contribution is 2.26. The Kier molecular flexibility index (Phi) is 5.36. The number of sulfone groups is 1. The molecule has 1 aliphatic rings. The molecule has 0 spiro atoms. The van der Waals surface area contributed by atoms with E-state index in [0.717, 1.165) is 0 Å². The molecule has 0 bridgehead atoms. The van der Waals surface area contributed by atoms with Crippen molar-refractivity contribution in [3.8, 4) is 0 Å². The lowest BCUT2D eigenvalue weighted by Gasteiger charge is -2.15. The topological polar surface area (TPSA) is 73.3 Å². The summed E-state index contributed by atoms with van der Waals surface area (Å²) >= 11 is 23.7. The lowest BCUT2D eigenvalue weighted by atomic mass is 10.2. The molecule has 2 rings (SSSR count). The van der Waals surface area contributed by atoms with E-state index in [1.165, 1.54) is 6.26 Å². The first-order chi connectivity index (χ1) is 9.67. The van der Waals surface area contributed by atoms with Crippen LogP contribution in [0.1, 0.15) is 5.76 Å². The van der Waals surface area contributed by atoms with Crippen LogP contribution in [-0.4, -0.2) is 41.0 Å². The second kappa shape index (κ2) is 6.54. The molecular formula is C11H13Cl4N2O3S+. The minimum Gasteiger partial charge on any atom is -0.465 e. The average Bonchev–Trinajstić information content (AvgIpc) is 2.91. The van der Waals surface area contributed by atoms with Crippen LogP contribution >= 0.6 is 46.4 Å². The Balaban J connectivity index is 2.12. The molecule has 5 nitrogen and oxygen atoms in total. The number of furan rings is 1.